The molecule has 36 heavy (non-hydrogen) atoms. The van der Waals surface area contributed by atoms with E-state index in [9.17, 15) is 0 Å². The van der Waals surface area contributed by atoms with Crippen molar-refractivity contribution < 1.29 is 60.1 Å². The van der Waals surface area contributed by atoms with Gasteiger partial charge in [-0.3, -0.25) is 8.42 Å². The van der Waals surface area contributed by atoms with Crippen LogP contribution in [0.4, 0.5) is 0 Å². The molecule has 4 aromatic rings. The van der Waals surface area contributed by atoms with Crippen molar-refractivity contribution in [3.63, 3.8) is 0 Å². The Labute approximate surface area is 216 Å². The minimum atomic E-state index is -5.17. The van der Waals surface area contributed by atoms with Crippen LogP contribution in [0.2, 0.25) is 0 Å². The Hall–Kier alpha value is -3.85. The number of pyridine rings is 4. The summed E-state index contributed by atoms with van der Waals surface area (Å²) in [6, 6.07) is 19.4. The van der Waals surface area contributed by atoms with Crippen LogP contribution >= 0.6 is 0 Å². The van der Waals surface area contributed by atoms with Crippen LogP contribution in [0, 0.1) is 0 Å². The summed E-state index contributed by atoms with van der Waals surface area (Å²) in [7, 11) is -4.17. The fourth-order valence-electron chi connectivity index (χ4n) is 2.26. The molecule has 0 aromatic carbocycles. The standard InChI is InChI=1S/2C10H8N2O2.CH4O.Cu.H2O4S/c2*13-9-5-1-3-7(11-9)8-4-2-6-10(14)12-8;1-2;;1-5(2,3)4/h2*1-6H,(H,11,13)(H,12,14);2H,1H3;;(H2,1,2,3,4)/q;;;+2;/p-2. The van der Waals surface area contributed by atoms with Crippen molar-refractivity contribution in [1.29, 1.82) is 0 Å². The Balaban J connectivity index is 0.000000533. The predicted molar refractivity (Wildman–Crippen MR) is 120 cm³/mol. The van der Waals surface area contributed by atoms with E-state index in [2.05, 4.69) is 19.9 Å². The molecule has 0 atom stereocenters. The number of rotatable bonds is 2. The van der Waals surface area contributed by atoms with Gasteiger partial charge in [-0.05, 0) is 24.3 Å². The van der Waals surface area contributed by atoms with E-state index in [1.54, 1.807) is 48.5 Å². The van der Waals surface area contributed by atoms with Crippen molar-refractivity contribution in [3.05, 3.63) is 72.8 Å². The molecule has 0 unspecified atom stereocenters. The first kappa shape index (κ1) is 32.1. The van der Waals surface area contributed by atoms with E-state index < -0.39 is 10.4 Å². The Morgan fingerprint density at radius 3 is 0.833 bits per heavy atom. The zero-order chi connectivity index (χ0) is 26.4. The van der Waals surface area contributed by atoms with Gasteiger partial charge in [0.15, 0.2) is 0 Å². The van der Waals surface area contributed by atoms with Gasteiger partial charge in [-0.2, -0.15) is 0 Å². The number of aromatic nitrogens is 4. The van der Waals surface area contributed by atoms with Crippen LogP contribution in [0.3, 0.4) is 0 Å². The fraction of sp³-hybridized carbons (Fsp3) is 0.0476. The van der Waals surface area contributed by atoms with Crippen LogP contribution < -0.4 is 0 Å². The molecule has 15 heteroatoms. The summed E-state index contributed by atoms with van der Waals surface area (Å²) in [5.41, 5.74) is 2.11. The van der Waals surface area contributed by atoms with E-state index in [4.69, 9.17) is 43.1 Å². The van der Waals surface area contributed by atoms with Crippen molar-refractivity contribution >= 4 is 10.4 Å². The van der Waals surface area contributed by atoms with Crippen molar-refractivity contribution in [2.24, 2.45) is 0 Å². The van der Waals surface area contributed by atoms with Crippen LogP contribution in [0.25, 0.3) is 22.8 Å². The predicted octanol–water partition coefficient (Wildman–Crippen LogP) is 1.38. The molecule has 0 saturated heterocycles. The summed E-state index contributed by atoms with van der Waals surface area (Å²) in [5.74, 6) is -0.249. The van der Waals surface area contributed by atoms with E-state index in [-0.39, 0.29) is 40.6 Å². The van der Waals surface area contributed by atoms with Gasteiger partial charge >= 0.3 is 17.1 Å². The molecule has 0 aliphatic heterocycles. The van der Waals surface area contributed by atoms with E-state index in [1.165, 1.54) is 24.3 Å². The second kappa shape index (κ2) is 15.9. The second-order valence-corrected chi connectivity index (χ2v) is 6.75. The minimum absolute atomic E-state index is 0. The number of hydrogen-bond donors (Lipinski definition) is 5. The zero-order valence-corrected chi connectivity index (χ0v) is 20.1. The summed E-state index contributed by atoms with van der Waals surface area (Å²) >= 11 is 0. The molecule has 0 amide bonds. The molecule has 0 spiro atoms. The first-order valence-corrected chi connectivity index (χ1v) is 10.6. The topological polar surface area (TPSA) is 233 Å². The first-order valence-electron chi connectivity index (χ1n) is 9.27. The maximum Gasteiger partial charge on any atom is 2.00 e. The smallest absolute Gasteiger partial charge is 0.759 e. The first-order chi connectivity index (χ1) is 16.5. The molecule has 13 nitrogen and oxygen atoms in total. The molecule has 1 radical (unpaired) electrons. The van der Waals surface area contributed by atoms with Gasteiger partial charge in [0.2, 0.25) is 23.5 Å². The number of aliphatic hydroxyl groups excluding tert-OH is 1. The number of nitrogens with zero attached hydrogens (tertiary/aromatic N) is 4. The Morgan fingerprint density at radius 2 is 0.694 bits per heavy atom. The zero-order valence-electron chi connectivity index (χ0n) is 18.3. The van der Waals surface area contributed by atoms with Crippen molar-refractivity contribution in [2.75, 3.05) is 7.11 Å². The van der Waals surface area contributed by atoms with E-state index in [0.717, 1.165) is 7.11 Å². The second-order valence-electron chi connectivity index (χ2n) is 5.93. The molecular formula is C21H20CuN4O9S. The van der Waals surface area contributed by atoms with Crippen LogP contribution in [0.15, 0.2) is 72.8 Å². The van der Waals surface area contributed by atoms with E-state index in [1.807, 2.05) is 0 Å². The van der Waals surface area contributed by atoms with Crippen LogP contribution in [-0.4, -0.2) is 70.1 Å². The summed E-state index contributed by atoms with van der Waals surface area (Å²) in [5, 5.41) is 43.6. The third kappa shape index (κ3) is 13.1. The molecule has 5 N–H and O–H groups in total. The number of hydrogen-bond acceptors (Lipinski definition) is 13. The molecule has 195 valence electrons. The van der Waals surface area contributed by atoms with Gasteiger partial charge < -0.3 is 34.6 Å². The molecule has 0 aliphatic carbocycles. The molecule has 4 rings (SSSR count). The van der Waals surface area contributed by atoms with Crippen molar-refractivity contribution in [2.45, 2.75) is 0 Å². The van der Waals surface area contributed by atoms with Crippen LogP contribution in [0.1, 0.15) is 0 Å². The summed E-state index contributed by atoms with van der Waals surface area (Å²) < 4.78 is 34.1. The quantitative estimate of drug-likeness (QED) is 0.131. The summed E-state index contributed by atoms with van der Waals surface area (Å²) in [4.78, 5) is 15.5. The van der Waals surface area contributed by atoms with Crippen molar-refractivity contribution in [1.82, 2.24) is 19.9 Å². The summed E-state index contributed by atoms with van der Waals surface area (Å²) in [6.45, 7) is 0. The molecular weight excluding hydrogens is 548 g/mol. The molecule has 0 saturated carbocycles. The molecule has 0 bridgehead atoms. The summed E-state index contributed by atoms with van der Waals surface area (Å²) in [6.07, 6.45) is 0. The van der Waals surface area contributed by atoms with Crippen LogP contribution in [0.5, 0.6) is 23.5 Å². The largest absolute Gasteiger partial charge is 2.00 e. The van der Waals surface area contributed by atoms with Gasteiger partial charge in [-0.1, -0.05) is 24.3 Å². The molecule has 0 fully saturated rings. The average Bonchev–Trinajstić information content (AvgIpc) is 2.80. The maximum atomic E-state index is 9.14. The van der Waals surface area contributed by atoms with Gasteiger partial charge in [0.25, 0.3) is 0 Å². The Morgan fingerprint density at radius 1 is 0.528 bits per heavy atom. The fourth-order valence-corrected chi connectivity index (χ4v) is 2.26. The van der Waals surface area contributed by atoms with Gasteiger partial charge in [0.1, 0.15) is 0 Å². The van der Waals surface area contributed by atoms with Crippen molar-refractivity contribution in [3.8, 4) is 46.3 Å². The SMILES string of the molecule is CO.O=S(=O)([O-])[O-].Oc1cccc(-c2cccc(O)n2)n1.Oc1cccc(-c2cccc(O)n2)n1.[Cu+2]. The third-order valence-electron chi connectivity index (χ3n) is 3.46. The van der Waals surface area contributed by atoms with Gasteiger partial charge in [0.05, 0.1) is 22.8 Å². The average molecular weight is 568 g/mol. The monoisotopic (exact) mass is 567 g/mol. The third-order valence-corrected chi connectivity index (χ3v) is 3.46. The van der Waals surface area contributed by atoms with Gasteiger partial charge in [-0.15, -0.1) is 0 Å². The van der Waals surface area contributed by atoms with E-state index >= 15 is 0 Å². The number of aromatic hydroxyl groups is 4. The Bertz CT molecular complexity index is 1150. The Kier molecular flexibility index (Phi) is 14.2. The molecule has 4 heterocycles. The van der Waals surface area contributed by atoms with Crippen LogP contribution in [-0.2, 0) is 27.5 Å². The maximum absolute atomic E-state index is 9.14. The molecule has 0 aliphatic rings. The van der Waals surface area contributed by atoms with Gasteiger partial charge in [0, 0.05) is 41.8 Å². The normalized spacial score (nSPS) is 9.56. The van der Waals surface area contributed by atoms with Gasteiger partial charge in [-0.25, -0.2) is 19.9 Å². The van der Waals surface area contributed by atoms with E-state index in [0.29, 0.717) is 22.8 Å². The minimum Gasteiger partial charge on any atom is -0.759 e. The molecule has 4 aromatic heterocycles. The number of aliphatic hydroxyl groups is 1.